The molecule has 0 fully saturated rings. The van der Waals surface area contributed by atoms with Crippen molar-refractivity contribution in [3.05, 3.63) is 34.9 Å². The number of aryl methyl sites for hydroxylation is 1. The summed E-state index contributed by atoms with van der Waals surface area (Å²) in [6.07, 6.45) is 0. The molecule has 0 atom stereocenters. The Kier molecular flexibility index (Phi) is 3.79. The van der Waals surface area contributed by atoms with Gasteiger partial charge in [-0.1, -0.05) is 6.07 Å². The highest BCUT2D eigenvalue weighted by Crippen LogP contribution is 2.30. The Hall–Kier alpha value is -1.96. The number of hydrogen-bond acceptors (Lipinski definition) is 3. The fraction of sp³-hybridized carbons (Fsp3) is 0.333. The van der Waals surface area contributed by atoms with Crippen LogP contribution in [0.2, 0.25) is 0 Å². The summed E-state index contributed by atoms with van der Waals surface area (Å²) in [6.45, 7) is 2.88. The lowest BCUT2D eigenvalue weighted by Crippen LogP contribution is -2.28. The van der Waals surface area contributed by atoms with Gasteiger partial charge in [0.25, 0.3) is 0 Å². The van der Waals surface area contributed by atoms with Crippen LogP contribution >= 0.6 is 0 Å². The van der Waals surface area contributed by atoms with E-state index in [2.05, 4.69) is 4.74 Å². The first-order valence-corrected chi connectivity index (χ1v) is 4.99. The van der Waals surface area contributed by atoms with Crippen molar-refractivity contribution in [2.24, 2.45) is 0 Å². The van der Waals surface area contributed by atoms with Gasteiger partial charge in [-0.2, -0.15) is 14.0 Å². The monoisotopic (exact) mass is 239 g/mol. The van der Waals surface area contributed by atoms with Crippen molar-refractivity contribution in [1.29, 1.82) is 5.26 Å². The second-order valence-electron chi connectivity index (χ2n) is 3.44. The maximum atomic E-state index is 13.6. The Morgan fingerprint density at radius 2 is 2.18 bits per heavy atom. The van der Waals surface area contributed by atoms with Gasteiger partial charge in [-0.25, -0.2) is 4.79 Å². The van der Waals surface area contributed by atoms with Crippen molar-refractivity contribution >= 4 is 5.97 Å². The topological polar surface area (TPSA) is 50.1 Å². The Bertz CT molecular complexity index is 478. The van der Waals surface area contributed by atoms with Gasteiger partial charge in [0.2, 0.25) is 0 Å². The van der Waals surface area contributed by atoms with E-state index < -0.39 is 17.5 Å². The first-order chi connectivity index (χ1) is 7.93. The fourth-order valence-corrected chi connectivity index (χ4v) is 1.32. The molecule has 17 heavy (non-hydrogen) atoms. The number of nitriles is 1. The number of nitrogens with zero attached hydrogens (tertiary/aromatic N) is 1. The van der Waals surface area contributed by atoms with Crippen LogP contribution < -0.4 is 0 Å². The predicted octanol–water partition coefficient (Wildman–Crippen LogP) is 2.52. The molecule has 3 nitrogen and oxygen atoms in total. The first-order valence-electron chi connectivity index (χ1n) is 4.99. The SMILES string of the molecule is CCOC(=O)C(F)(F)c1ccc(C#N)c(C)c1. The molecule has 0 spiro atoms. The summed E-state index contributed by atoms with van der Waals surface area (Å²) < 4.78 is 31.5. The number of rotatable bonds is 3. The number of ether oxygens (including phenoxy) is 1. The standard InChI is InChI=1S/C12H11F2NO2/c1-3-17-11(16)12(13,14)10-5-4-9(7-15)8(2)6-10/h4-6H,3H2,1-2H3. The van der Waals surface area contributed by atoms with Crippen LogP contribution in [0.25, 0.3) is 0 Å². The molecule has 1 aromatic carbocycles. The molecule has 0 bridgehead atoms. The van der Waals surface area contributed by atoms with Gasteiger partial charge in [0.1, 0.15) is 0 Å². The molecule has 0 aliphatic carbocycles. The molecule has 0 aromatic heterocycles. The second-order valence-corrected chi connectivity index (χ2v) is 3.44. The molecular weight excluding hydrogens is 228 g/mol. The minimum atomic E-state index is -3.69. The van der Waals surface area contributed by atoms with E-state index in [9.17, 15) is 13.6 Å². The normalized spacial score (nSPS) is 10.8. The van der Waals surface area contributed by atoms with Gasteiger partial charge in [0.05, 0.1) is 18.2 Å². The number of halogens is 2. The Morgan fingerprint density at radius 1 is 1.53 bits per heavy atom. The summed E-state index contributed by atoms with van der Waals surface area (Å²) >= 11 is 0. The van der Waals surface area contributed by atoms with Gasteiger partial charge < -0.3 is 4.74 Å². The van der Waals surface area contributed by atoms with Crippen molar-refractivity contribution < 1.29 is 18.3 Å². The van der Waals surface area contributed by atoms with Crippen molar-refractivity contribution in [2.75, 3.05) is 6.61 Å². The molecule has 0 heterocycles. The van der Waals surface area contributed by atoms with Crippen molar-refractivity contribution in [2.45, 2.75) is 19.8 Å². The second kappa shape index (κ2) is 4.91. The van der Waals surface area contributed by atoms with E-state index in [4.69, 9.17) is 5.26 Å². The molecule has 0 saturated carbocycles. The van der Waals surface area contributed by atoms with Crippen LogP contribution in [0.3, 0.4) is 0 Å². The average molecular weight is 239 g/mol. The molecule has 0 aliphatic heterocycles. The Morgan fingerprint density at radius 3 is 2.65 bits per heavy atom. The van der Waals surface area contributed by atoms with Gasteiger partial charge in [0.15, 0.2) is 0 Å². The van der Waals surface area contributed by atoms with Gasteiger partial charge >= 0.3 is 11.9 Å². The summed E-state index contributed by atoms with van der Waals surface area (Å²) in [5, 5.41) is 8.68. The number of carbonyl (C=O) groups excluding carboxylic acids is 1. The Labute approximate surface area is 97.6 Å². The molecule has 90 valence electrons. The van der Waals surface area contributed by atoms with Crippen molar-refractivity contribution in [1.82, 2.24) is 0 Å². The number of esters is 1. The highest BCUT2D eigenvalue weighted by molar-refractivity contribution is 5.79. The van der Waals surface area contributed by atoms with Crippen molar-refractivity contribution in [3.8, 4) is 6.07 Å². The van der Waals surface area contributed by atoms with Crippen LogP contribution in [0.5, 0.6) is 0 Å². The minimum Gasteiger partial charge on any atom is -0.461 e. The van der Waals surface area contributed by atoms with E-state index >= 15 is 0 Å². The molecule has 0 saturated heterocycles. The highest BCUT2D eigenvalue weighted by Gasteiger charge is 2.42. The van der Waals surface area contributed by atoms with Gasteiger partial charge in [-0.3, -0.25) is 0 Å². The number of carbonyl (C=O) groups is 1. The van der Waals surface area contributed by atoms with E-state index in [0.29, 0.717) is 11.1 Å². The molecule has 0 aliphatic rings. The van der Waals surface area contributed by atoms with Crippen molar-refractivity contribution in [3.63, 3.8) is 0 Å². The fourth-order valence-electron chi connectivity index (χ4n) is 1.32. The molecule has 0 radical (unpaired) electrons. The third kappa shape index (κ3) is 2.59. The van der Waals surface area contributed by atoms with Crippen LogP contribution in [0.1, 0.15) is 23.6 Å². The highest BCUT2D eigenvalue weighted by atomic mass is 19.3. The van der Waals surface area contributed by atoms with E-state index in [-0.39, 0.29) is 6.61 Å². The first kappa shape index (κ1) is 13.1. The molecular formula is C12H11F2NO2. The molecule has 0 amide bonds. The quantitative estimate of drug-likeness (QED) is 0.761. The molecule has 0 unspecified atom stereocenters. The predicted molar refractivity (Wildman–Crippen MR) is 56.4 cm³/mol. The van der Waals surface area contributed by atoms with Gasteiger partial charge in [-0.15, -0.1) is 0 Å². The summed E-state index contributed by atoms with van der Waals surface area (Å²) in [5.41, 5.74) is 0.231. The lowest BCUT2D eigenvalue weighted by atomic mass is 10.0. The Balaban J connectivity index is 3.12. The summed E-state index contributed by atoms with van der Waals surface area (Å²) in [6, 6.07) is 5.31. The average Bonchev–Trinajstić information content (AvgIpc) is 2.29. The van der Waals surface area contributed by atoms with Crippen LogP contribution in [-0.4, -0.2) is 12.6 Å². The molecule has 5 heteroatoms. The van der Waals surface area contributed by atoms with Crippen LogP contribution in [0.4, 0.5) is 8.78 Å². The zero-order valence-corrected chi connectivity index (χ0v) is 9.46. The lowest BCUT2D eigenvalue weighted by Gasteiger charge is -2.15. The molecule has 0 N–H and O–H groups in total. The maximum absolute atomic E-state index is 13.6. The maximum Gasteiger partial charge on any atom is 0.381 e. The lowest BCUT2D eigenvalue weighted by molar-refractivity contribution is -0.173. The summed E-state index contributed by atoms with van der Waals surface area (Å²) in [4.78, 5) is 11.1. The molecule has 1 aromatic rings. The zero-order valence-electron chi connectivity index (χ0n) is 9.46. The van der Waals surface area contributed by atoms with Crippen LogP contribution in [0, 0.1) is 18.3 Å². The van der Waals surface area contributed by atoms with E-state index in [1.165, 1.54) is 19.9 Å². The molecule has 1 rings (SSSR count). The van der Waals surface area contributed by atoms with Crippen LogP contribution in [0.15, 0.2) is 18.2 Å². The largest absolute Gasteiger partial charge is 0.461 e. The van der Waals surface area contributed by atoms with E-state index in [1.54, 1.807) is 0 Å². The summed E-state index contributed by atoms with van der Waals surface area (Å²) in [7, 11) is 0. The number of benzene rings is 1. The zero-order chi connectivity index (χ0) is 13.1. The number of alkyl halides is 2. The minimum absolute atomic E-state index is 0.107. The number of hydrogen-bond donors (Lipinski definition) is 0. The third-order valence-corrected chi connectivity index (χ3v) is 2.24. The smallest absolute Gasteiger partial charge is 0.381 e. The third-order valence-electron chi connectivity index (χ3n) is 2.24. The summed E-state index contributed by atoms with van der Waals surface area (Å²) in [5.74, 6) is -5.27. The van der Waals surface area contributed by atoms with Gasteiger partial charge in [-0.05, 0) is 31.5 Å². The van der Waals surface area contributed by atoms with E-state index in [1.807, 2.05) is 6.07 Å². The van der Waals surface area contributed by atoms with Crippen LogP contribution in [-0.2, 0) is 15.5 Å². The van der Waals surface area contributed by atoms with Gasteiger partial charge in [0, 0.05) is 5.56 Å². The van der Waals surface area contributed by atoms with E-state index in [0.717, 1.165) is 12.1 Å².